The lowest BCUT2D eigenvalue weighted by Crippen LogP contribution is -2.43. The van der Waals surface area contributed by atoms with Gasteiger partial charge in [0.05, 0.1) is 36.8 Å². The minimum atomic E-state index is -4.61. The number of nitrogens with zero attached hydrogens (tertiary/aromatic N) is 2. The Morgan fingerprint density at radius 3 is 2.40 bits per heavy atom. The number of benzene rings is 2. The van der Waals surface area contributed by atoms with Gasteiger partial charge in [-0.2, -0.15) is 13.2 Å². The van der Waals surface area contributed by atoms with Crippen LogP contribution in [-0.2, 0) is 27.1 Å². The number of nitrogens with one attached hydrogen (secondary N) is 1. The van der Waals surface area contributed by atoms with Gasteiger partial charge in [-0.15, -0.1) is 0 Å². The predicted octanol–water partition coefficient (Wildman–Crippen LogP) is 2.90. The minimum absolute atomic E-state index is 0.0887. The van der Waals surface area contributed by atoms with Crippen molar-refractivity contribution in [3.63, 3.8) is 0 Å². The van der Waals surface area contributed by atoms with Crippen molar-refractivity contribution in [2.45, 2.75) is 25.2 Å². The summed E-state index contributed by atoms with van der Waals surface area (Å²) >= 11 is 0. The molecule has 158 valence electrons. The number of hydrogen-bond donors (Lipinski definition) is 1. The van der Waals surface area contributed by atoms with Crippen LogP contribution in [0.15, 0.2) is 54.6 Å². The number of anilines is 1. The van der Waals surface area contributed by atoms with Crippen molar-refractivity contribution in [2.75, 3.05) is 18.9 Å². The lowest BCUT2D eigenvalue weighted by molar-refractivity contribution is -0.140. The Bertz CT molecular complexity index is 947. The monoisotopic (exact) mass is 419 g/mol. The second-order valence-electron chi connectivity index (χ2n) is 7.03. The van der Waals surface area contributed by atoms with Gasteiger partial charge in [-0.1, -0.05) is 42.5 Å². The van der Waals surface area contributed by atoms with Crippen molar-refractivity contribution >= 4 is 23.4 Å². The van der Waals surface area contributed by atoms with Crippen LogP contribution in [-0.4, -0.2) is 47.2 Å². The van der Waals surface area contributed by atoms with Gasteiger partial charge in [-0.25, -0.2) is 0 Å². The Balaban J connectivity index is 1.64. The number of carbonyl (C=O) groups excluding carboxylic acids is 3. The number of amides is 3. The van der Waals surface area contributed by atoms with E-state index in [1.165, 1.54) is 24.1 Å². The normalized spacial score (nSPS) is 17.0. The molecule has 3 amide bonds. The predicted molar refractivity (Wildman–Crippen MR) is 103 cm³/mol. The van der Waals surface area contributed by atoms with Crippen molar-refractivity contribution < 1.29 is 27.6 Å². The molecular formula is C21H20F3N3O3. The lowest BCUT2D eigenvalue weighted by atomic mass is 10.1. The molecule has 1 heterocycles. The molecule has 9 heteroatoms. The largest absolute Gasteiger partial charge is 0.418 e. The molecule has 6 nitrogen and oxygen atoms in total. The van der Waals surface area contributed by atoms with Gasteiger partial charge in [0.25, 0.3) is 0 Å². The summed E-state index contributed by atoms with van der Waals surface area (Å²) in [6.45, 7) is -0.205. The molecule has 0 unspecified atom stereocenters. The van der Waals surface area contributed by atoms with Crippen LogP contribution in [0.5, 0.6) is 0 Å². The van der Waals surface area contributed by atoms with E-state index in [1.54, 1.807) is 24.3 Å². The molecule has 2 aromatic rings. The summed E-state index contributed by atoms with van der Waals surface area (Å²) in [5.74, 6) is -1.51. The summed E-state index contributed by atoms with van der Waals surface area (Å²) in [5.41, 5.74) is -0.519. The highest BCUT2D eigenvalue weighted by molar-refractivity contribution is 6.05. The maximum atomic E-state index is 13.1. The van der Waals surface area contributed by atoms with Gasteiger partial charge in [0.15, 0.2) is 0 Å². The number of halogens is 3. The number of hydrogen-bond acceptors (Lipinski definition) is 4. The number of likely N-dealkylation sites (N-methyl/N-ethyl adjacent to an activating group) is 1. The average Bonchev–Trinajstić information content (AvgIpc) is 2.96. The second kappa shape index (κ2) is 8.66. The van der Waals surface area contributed by atoms with Gasteiger partial charge in [-0.05, 0) is 24.7 Å². The average molecular weight is 419 g/mol. The first kappa shape index (κ1) is 21.5. The van der Waals surface area contributed by atoms with Crippen LogP contribution < -0.4 is 5.32 Å². The fourth-order valence-electron chi connectivity index (χ4n) is 3.31. The third-order valence-electron chi connectivity index (χ3n) is 4.84. The first-order chi connectivity index (χ1) is 14.2. The van der Waals surface area contributed by atoms with Crippen LogP contribution >= 0.6 is 0 Å². The number of alkyl halides is 3. The van der Waals surface area contributed by atoms with Crippen LogP contribution in [0.1, 0.15) is 17.5 Å². The van der Waals surface area contributed by atoms with Gasteiger partial charge in [0.2, 0.25) is 17.7 Å². The first-order valence-corrected chi connectivity index (χ1v) is 9.21. The van der Waals surface area contributed by atoms with E-state index in [9.17, 15) is 27.6 Å². The quantitative estimate of drug-likeness (QED) is 0.731. The second-order valence-corrected chi connectivity index (χ2v) is 7.03. The maximum Gasteiger partial charge on any atom is 0.418 e. The van der Waals surface area contributed by atoms with Crippen molar-refractivity contribution in [3.8, 4) is 0 Å². The number of rotatable bonds is 6. The van der Waals surface area contributed by atoms with E-state index in [2.05, 4.69) is 5.32 Å². The molecule has 1 aliphatic rings. The van der Waals surface area contributed by atoms with Gasteiger partial charge in [0, 0.05) is 0 Å². The SMILES string of the molecule is CN(CC(=O)Nc1ccccc1C(F)(F)F)[C@H]1CC(=O)N(Cc2ccccc2)C1=O. The number of carbonyl (C=O) groups is 3. The molecule has 2 aromatic carbocycles. The number of imide groups is 1. The zero-order valence-electron chi connectivity index (χ0n) is 16.1. The zero-order valence-corrected chi connectivity index (χ0v) is 16.1. The van der Waals surface area contributed by atoms with Crippen molar-refractivity contribution in [3.05, 3.63) is 65.7 Å². The molecule has 0 saturated carbocycles. The summed E-state index contributed by atoms with van der Waals surface area (Å²) < 4.78 is 39.2. The van der Waals surface area contributed by atoms with Gasteiger partial charge >= 0.3 is 6.18 Å². The van der Waals surface area contributed by atoms with Gasteiger partial charge in [-0.3, -0.25) is 24.2 Å². The van der Waals surface area contributed by atoms with E-state index < -0.39 is 29.6 Å². The Morgan fingerprint density at radius 1 is 1.10 bits per heavy atom. The lowest BCUT2D eigenvalue weighted by Gasteiger charge is -2.23. The van der Waals surface area contributed by atoms with Crippen LogP contribution in [0, 0.1) is 0 Å². The molecule has 0 aliphatic carbocycles. The summed E-state index contributed by atoms with van der Waals surface area (Å²) in [5, 5.41) is 2.24. The third-order valence-corrected chi connectivity index (χ3v) is 4.84. The van der Waals surface area contributed by atoms with Crippen molar-refractivity contribution in [1.82, 2.24) is 9.80 Å². The van der Waals surface area contributed by atoms with Crippen molar-refractivity contribution in [1.29, 1.82) is 0 Å². The Kier molecular flexibility index (Phi) is 6.21. The smallest absolute Gasteiger partial charge is 0.324 e. The van der Waals surface area contributed by atoms with Crippen molar-refractivity contribution in [2.24, 2.45) is 0 Å². The zero-order chi connectivity index (χ0) is 21.9. The summed E-state index contributed by atoms with van der Waals surface area (Å²) in [4.78, 5) is 39.8. The molecule has 1 aliphatic heterocycles. The minimum Gasteiger partial charge on any atom is -0.324 e. The molecule has 30 heavy (non-hydrogen) atoms. The van der Waals surface area contributed by atoms with Crippen LogP contribution in [0.4, 0.5) is 18.9 Å². The van der Waals surface area contributed by atoms with E-state index in [0.717, 1.165) is 22.6 Å². The Morgan fingerprint density at radius 2 is 1.73 bits per heavy atom. The van der Waals surface area contributed by atoms with E-state index in [1.807, 2.05) is 6.07 Å². The highest BCUT2D eigenvalue weighted by Crippen LogP contribution is 2.34. The number of likely N-dealkylation sites (tertiary alicyclic amines) is 1. The molecule has 0 spiro atoms. The van der Waals surface area contributed by atoms with E-state index in [4.69, 9.17) is 0 Å². The highest BCUT2D eigenvalue weighted by atomic mass is 19.4. The molecule has 1 saturated heterocycles. The molecule has 0 radical (unpaired) electrons. The number of para-hydroxylation sites is 1. The molecule has 3 rings (SSSR count). The topological polar surface area (TPSA) is 69.7 Å². The molecule has 1 atom stereocenters. The molecule has 1 N–H and O–H groups in total. The fourth-order valence-corrected chi connectivity index (χ4v) is 3.31. The van der Waals surface area contributed by atoms with Gasteiger partial charge in [0.1, 0.15) is 0 Å². The van der Waals surface area contributed by atoms with E-state index in [-0.39, 0.29) is 31.1 Å². The molecule has 1 fully saturated rings. The molecule has 0 aromatic heterocycles. The molecule has 0 bridgehead atoms. The molecular weight excluding hydrogens is 399 g/mol. The standard InChI is InChI=1S/C21H20F3N3O3/c1-26(13-18(28)25-16-10-6-5-9-15(16)21(22,23)24)17-11-19(29)27(20(17)30)12-14-7-3-2-4-8-14/h2-10,17H,11-13H2,1H3,(H,25,28)/t17-/m0/s1. The van der Waals surface area contributed by atoms with Crippen LogP contribution in [0.3, 0.4) is 0 Å². The van der Waals surface area contributed by atoms with Crippen LogP contribution in [0.2, 0.25) is 0 Å². The summed E-state index contributed by atoms with van der Waals surface area (Å²) in [6, 6.07) is 12.8. The van der Waals surface area contributed by atoms with Gasteiger partial charge < -0.3 is 5.32 Å². The third kappa shape index (κ3) is 4.85. The van der Waals surface area contributed by atoms with E-state index in [0.29, 0.717) is 0 Å². The summed E-state index contributed by atoms with van der Waals surface area (Å²) in [6.07, 6.45) is -4.70. The Labute approximate surface area is 171 Å². The Hall–Kier alpha value is -3.20. The maximum absolute atomic E-state index is 13.1. The summed E-state index contributed by atoms with van der Waals surface area (Å²) in [7, 11) is 1.48. The highest BCUT2D eigenvalue weighted by Gasteiger charge is 2.41. The first-order valence-electron chi connectivity index (χ1n) is 9.21. The van der Waals surface area contributed by atoms with Crippen LogP contribution in [0.25, 0.3) is 0 Å². The fraction of sp³-hybridized carbons (Fsp3) is 0.286. The van der Waals surface area contributed by atoms with E-state index >= 15 is 0 Å².